The second-order valence-electron chi connectivity index (χ2n) is 8.06. The number of rotatable bonds is 11. The van der Waals surface area contributed by atoms with Crippen molar-refractivity contribution in [2.75, 3.05) is 18.5 Å². The van der Waals surface area contributed by atoms with Gasteiger partial charge in [-0.15, -0.1) is 0 Å². The lowest BCUT2D eigenvalue weighted by Gasteiger charge is -2.25. The molecule has 0 aliphatic heterocycles. The highest BCUT2D eigenvalue weighted by Crippen LogP contribution is 2.32. The van der Waals surface area contributed by atoms with Crippen molar-refractivity contribution in [1.29, 1.82) is 0 Å². The zero-order chi connectivity index (χ0) is 25.0. The minimum absolute atomic E-state index is 0.108. The number of benzene rings is 3. The van der Waals surface area contributed by atoms with Crippen molar-refractivity contribution < 1.29 is 29.4 Å². The average molecular weight is 479 g/mol. The molecule has 0 radical (unpaired) electrons. The molecule has 0 saturated heterocycles. The van der Waals surface area contributed by atoms with E-state index in [-0.39, 0.29) is 19.1 Å². The van der Waals surface area contributed by atoms with Crippen LogP contribution in [0.1, 0.15) is 31.4 Å². The average Bonchev–Trinajstić information content (AvgIpc) is 2.88. The van der Waals surface area contributed by atoms with Crippen LogP contribution in [0.5, 0.6) is 5.75 Å². The second kappa shape index (κ2) is 13.1. The third kappa shape index (κ3) is 7.56. The van der Waals surface area contributed by atoms with Gasteiger partial charge in [0.25, 0.3) is 5.91 Å². The second-order valence-corrected chi connectivity index (χ2v) is 8.06. The molecule has 0 aromatic heterocycles. The van der Waals surface area contributed by atoms with Crippen molar-refractivity contribution in [3.63, 3.8) is 0 Å². The summed E-state index contributed by atoms with van der Waals surface area (Å²) in [6.07, 6.45) is 2.87. The largest absolute Gasteiger partial charge is 0.491 e. The van der Waals surface area contributed by atoms with Crippen LogP contribution in [0.25, 0.3) is 10.8 Å². The van der Waals surface area contributed by atoms with Gasteiger partial charge in [-0.2, -0.15) is 0 Å². The summed E-state index contributed by atoms with van der Waals surface area (Å²) in [6, 6.07) is 20.6. The molecular formula is C27H30N2O6. The highest BCUT2D eigenvalue weighted by molar-refractivity contribution is 6.00. The smallest absolute Gasteiger partial charge is 0.412 e. The lowest BCUT2D eigenvalue weighted by molar-refractivity contribution is -0.124. The molecule has 0 aliphatic rings. The quantitative estimate of drug-likeness (QED) is 0.175. The number of aliphatic hydroxyl groups excluding tert-OH is 1. The molecule has 2 amide bonds. The Balaban J connectivity index is 1.78. The van der Waals surface area contributed by atoms with E-state index in [9.17, 15) is 9.59 Å². The van der Waals surface area contributed by atoms with Gasteiger partial charge < -0.3 is 14.6 Å². The molecule has 0 heterocycles. The van der Waals surface area contributed by atoms with Crippen LogP contribution in [-0.4, -0.2) is 35.5 Å². The maximum atomic E-state index is 13.0. The summed E-state index contributed by atoms with van der Waals surface area (Å²) in [5.41, 5.74) is 2.95. The summed E-state index contributed by atoms with van der Waals surface area (Å²) < 4.78 is 11.4. The van der Waals surface area contributed by atoms with Crippen molar-refractivity contribution in [3.05, 3.63) is 84.4 Å². The molecule has 184 valence electrons. The monoisotopic (exact) mass is 478 g/mol. The van der Waals surface area contributed by atoms with Gasteiger partial charge in [-0.25, -0.2) is 10.3 Å². The zero-order valence-electron chi connectivity index (χ0n) is 19.5. The Hall–Kier alpha value is -3.88. The van der Waals surface area contributed by atoms with Crippen molar-refractivity contribution in [2.45, 2.75) is 25.9 Å². The fraction of sp³-hybridized carbons (Fsp3) is 0.259. The lowest BCUT2D eigenvalue weighted by Crippen LogP contribution is -2.22. The van der Waals surface area contributed by atoms with Crippen molar-refractivity contribution in [3.8, 4) is 5.75 Å². The number of allylic oxidation sites excluding steroid dienone is 1. The van der Waals surface area contributed by atoms with Crippen LogP contribution in [0.2, 0.25) is 0 Å². The van der Waals surface area contributed by atoms with E-state index < -0.39 is 18.1 Å². The first-order valence-electron chi connectivity index (χ1n) is 11.4. The fourth-order valence-electron chi connectivity index (χ4n) is 3.78. The molecule has 0 spiro atoms. The Morgan fingerprint density at radius 3 is 2.63 bits per heavy atom. The summed E-state index contributed by atoms with van der Waals surface area (Å²) in [5, 5.41) is 22.4. The topological polar surface area (TPSA) is 117 Å². The zero-order valence-corrected chi connectivity index (χ0v) is 19.5. The van der Waals surface area contributed by atoms with Crippen LogP contribution in [0.15, 0.2) is 78.9 Å². The molecule has 0 unspecified atom stereocenters. The SMILES string of the molecule is C[C@H](CC/C=C/C(=O)NO)[C@H](OC(=O)Nc1cccc2ccccc12)c1cccc(OCCO)c1. The van der Waals surface area contributed by atoms with Crippen LogP contribution < -0.4 is 15.5 Å². The normalized spacial score (nSPS) is 12.8. The molecule has 0 saturated carbocycles. The van der Waals surface area contributed by atoms with Crippen LogP contribution in [0.3, 0.4) is 0 Å². The minimum atomic E-state index is -0.603. The number of aliphatic hydroxyl groups is 1. The number of hydrogen-bond donors (Lipinski definition) is 4. The molecule has 4 N–H and O–H groups in total. The number of ether oxygens (including phenoxy) is 2. The van der Waals surface area contributed by atoms with Crippen LogP contribution in [0.4, 0.5) is 10.5 Å². The summed E-state index contributed by atoms with van der Waals surface area (Å²) in [6.45, 7) is 2.00. The van der Waals surface area contributed by atoms with E-state index in [0.717, 1.165) is 16.3 Å². The first kappa shape index (κ1) is 25.7. The number of nitrogens with one attached hydrogen (secondary N) is 2. The lowest BCUT2D eigenvalue weighted by atomic mass is 9.93. The Morgan fingerprint density at radius 2 is 1.83 bits per heavy atom. The van der Waals surface area contributed by atoms with Gasteiger partial charge >= 0.3 is 6.09 Å². The summed E-state index contributed by atoms with van der Waals surface area (Å²) in [7, 11) is 0. The maximum absolute atomic E-state index is 13.0. The Kier molecular flexibility index (Phi) is 9.65. The number of amides is 2. The van der Waals surface area contributed by atoms with E-state index >= 15 is 0 Å². The molecule has 0 aliphatic carbocycles. The molecule has 0 fully saturated rings. The van der Waals surface area contributed by atoms with Gasteiger partial charge in [-0.1, -0.05) is 61.5 Å². The number of carbonyl (C=O) groups is 2. The molecular weight excluding hydrogens is 448 g/mol. The summed E-state index contributed by atoms with van der Waals surface area (Å²) in [5.74, 6) is -0.150. The van der Waals surface area contributed by atoms with E-state index in [2.05, 4.69) is 5.32 Å². The van der Waals surface area contributed by atoms with E-state index in [1.807, 2.05) is 55.5 Å². The standard InChI is InChI=1S/C27H30N2O6/c1-19(8-2-5-15-25(31)29-33)26(21-11-6-12-22(18-21)34-17-16-30)35-27(32)28-24-14-7-10-20-9-3-4-13-23(20)24/h3-7,9-15,18-19,26,30,33H,2,8,16-17H2,1H3,(H,28,32)(H,29,31)/b15-5+/t19-,26+/m1/s1. The highest BCUT2D eigenvalue weighted by Gasteiger charge is 2.24. The summed E-state index contributed by atoms with van der Waals surface area (Å²) >= 11 is 0. The predicted molar refractivity (Wildman–Crippen MR) is 133 cm³/mol. The van der Waals surface area contributed by atoms with Crippen LogP contribution >= 0.6 is 0 Å². The highest BCUT2D eigenvalue weighted by atomic mass is 16.6. The summed E-state index contributed by atoms with van der Waals surface area (Å²) in [4.78, 5) is 24.2. The van der Waals surface area contributed by atoms with Gasteiger partial charge in [0.2, 0.25) is 0 Å². The number of hydroxylamine groups is 1. The van der Waals surface area contributed by atoms with E-state index in [1.165, 1.54) is 6.08 Å². The van der Waals surface area contributed by atoms with Gasteiger partial charge in [0, 0.05) is 11.5 Å². The van der Waals surface area contributed by atoms with Crippen molar-refractivity contribution in [2.24, 2.45) is 5.92 Å². The fourth-order valence-corrected chi connectivity index (χ4v) is 3.78. The van der Waals surface area contributed by atoms with Crippen LogP contribution in [0, 0.1) is 5.92 Å². The number of carbonyl (C=O) groups excluding carboxylic acids is 2. The molecule has 8 heteroatoms. The van der Waals surface area contributed by atoms with Gasteiger partial charge in [0.1, 0.15) is 18.5 Å². The minimum Gasteiger partial charge on any atom is -0.491 e. The van der Waals surface area contributed by atoms with E-state index in [4.69, 9.17) is 19.8 Å². The number of fused-ring (bicyclic) bond motifs is 1. The van der Waals surface area contributed by atoms with Crippen molar-refractivity contribution >= 4 is 28.5 Å². The molecule has 8 nitrogen and oxygen atoms in total. The predicted octanol–water partition coefficient (Wildman–Crippen LogP) is 4.98. The van der Waals surface area contributed by atoms with Crippen molar-refractivity contribution in [1.82, 2.24) is 5.48 Å². The number of anilines is 1. The molecule has 2 atom stereocenters. The Bertz CT molecular complexity index is 1160. The van der Waals surface area contributed by atoms with E-state index in [0.29, 0.717) is 24.3 Å². The first-order valence-corrected chi connectivity index (χ1v) is 11.4. The molecule has 3 rings (SSSR count). The van der Waals surface area contributed by atoms with E-state index in [1.54, 1.807) is 29.8 Å². The number of hydrogen-bond acceptors (Lipinski definition) is 6. The molecule has 35 heavy (non-hydrogen) atoms. The van der Waals surface area contributed by atoms with Gasteiger partial charge in [0.05, 0.1) is 12.3 Å². The third-order valence-corrected chi connectivity index (χ3v) is 5.49. The van der Waals surface area contributed by atoms with Crippen LogP contribution in [-0.2, 0) is 9.53 Å². The maximum Gasteiger partial charge on any atom is 0.412 e. The Labute approximate surface area is 204 Å². The third-order valence-electron chi connectivity index (χ3n) is 5.49. The van der Waals surface area contributed by atoms with Gasteiger partial charge in [0.15, 0.2) is 0 Å². The molecule has 3 aromatic rings. The molecule has 0 bridgehead atoms. The van der Waals surface area contributed by atoms with Gasteiger partial charge in [-0.3, -0.25) is 15.3 Å². The van der Waals surface area contributed by atoms with Gasteiger partial charge in [-0.05, 0) is 47.9 Å². The first-order chi connectivity index (χ1) is 17.0. The Morgan fingerprint density at radius 1 is 1.06 bits per heavy atom. The molecule has 3 aromatic carbocycles.